The largest absolute Gasteiger partial charge is 0.465 e. The van der Waals surface area contributed by atoms with E-state index in [1.165, 1.54) is 41.5 Å². The fraction of sp³-hybridized carbons (Fsp3) is 0.316. The summed E-state index contributed by atoms with van der Waals surface area (Å²) in [5.74, 6) is -1.02. The average molecular weight is 716 g/mol. The van der Waals surface area contributed by atoms with E-state index in [0.29, 0.717) is 34.2 Å². The molecule has 8 nitrogen and oxygen atoms in total. The van der Waals surface area contributed by atoms with Gasteiger partial charge >= 0.3 is 5.97 Å². The van der Waals surface area contributed by atoms with Crippen LogP contribution in [0.1, 0.15) is 77.3 Å². The molecule has 256 valence electrons. The molecule has 3 amide bonds. The molecule has 1 aliphatic rings. The van der Waals surface area contributed by atoms with Crippen molar-refractivity contribution >= 4 is 74.9 Å². The Labute approximate surface area is 299 Å². The predicted molar refractivity (Wildman–Crippen MR) is 200 cm³/mol. The highest BCUT2D eigenvalue weighted by atomic mass is 32.2. The Morgan fingerprint density at radius 1 is 1.04 bits per heavy atom. The lowest BCUT2D eigenvalue weighted by Gasteiger charge is -2.33. The molecular formula is C38H41N3O5S3. The molecule has 0 bridgehead atoms. The van der Waals surface area contributed by atoms with Gasteiger partial charge in [0.05, 0.1) is 17.9 Å². The number of thioether (sulfide) groups is 1. The lowest BCUT2D eigenvalue weighted by molar-refractivity contribution is -0.116. The Morgan fingerprint density at radius 2 is 1.82 bits per heavy atom. The summed E-state index contributed by atoms with van der Waals surface area (Å²) in [6, 6.07) is 17.8. The molecule has 5 rings (SSSR count). The average Bonchev–Trinajstić information content (AvgIpc) is 3.73. The molecule has 0 fully saturated rings. The topological polar surface area (TPSA) is 114 Å². The van der Waals surface area contributed by atoms with Gasteiger partial charge in [0.15, 0.2) is 0 Å². The molecule has 0 aliphatic heterocycles. The molecule has 3 N–H and O–H groups in total. The number of fused-ring (bicyclic) bond motifs is 1. The maximum atomic E-state index is 13.7. The van der Waals surface area contributed by atoms with E-state index in [4.69, 9.17) is 4.74 Å². The van der Waals surface area contributed by atoms with Crippen LogP contribution in [0, 0.1) is 11.3 Å². The first-order chi connectivity index (χ1) is 23.5. The Morgan fingerprint density at radius 3 is 2.49 bits per heavy atom. The SMILES string of the molecule is CCC(Sc1cccc(NC(=O)/C(=C/c2ccsc2)NC(=O)c2ccccc2)c1)C(=O)Nc1sc2c(c1C(=O)OC)CCC(C(C)(C)C)C2. The fourth-order valence-electron chi connectivity index (χ4n) is 5.72. The highest BCUT2D eigenvalue weighted by Crippen LogP contribution is 2.45. The van der Waals surface area contributed by atoms with Gasteiger partial charge in [-0.1, -0.05) is 52.0 Å². The molecular weight excluding hydrogens is 675 g/mol. The van der Waals surface area contributed by atoms with E-state index in [0.717, 1.165) is 40.2 Å². The maximum Gasteiger partial charge on any atom is 0.341 e. The molecule has 4 aromatic rings. The van der Waals surface area contributed by atoms with E-state index in [9.17, 15) is 19.2 Å². The summed E-state index contributed by atoms with van der Waals surface area (Å²) in [7, 11) is 1.37. The summed E-state index contributed by atoms with van der Waals surface area (Å²) >= 11 is 4.35. The van der Waals surface area contributed by atoms with Gasteiger partial charge in [-0.25, -0.2) is 4.79 Å². The number of carbonyl (C=O) groups is 4. The molecule has 2 aromatic heterocycles. The number of nitrogens with one attached hydrogen (secondary N) is 3. The second-order valence-electron chi connectivity index (χ2n) is 12.9. The molecule has 0 saturated carbocycles. The zero-order chi connectivity index (χ0) is 35.1. The molecule has 2 atom stereocenters. The van der Waals surface area contributed by atoms with Crippen molar-refractivity contribution in [3.8, 4) is 0 Å². The van der Waals surface area contributed by atoms with E-state index >= 15 is 0 Å². The first-order valence-electron chi connectivity index (χ1n) is 16.2. The van der Waals surface area contributed by atoms with E-state index in [-0.39, 0.29) is 17.0 Å². The Kier molecular flexibility index (Phi) is 11.8. The monoisotopic (exact) mass is 715 g/mol. The van der Waals surface area contributed by atoms with Crippen LogP contribution in [0.4, 0.5) is 10.7 Å². The van der Waals surface area contributed by atoms with Crippen molar-refractivity contribution < 1.29 is 23.9 Å². The lowest BCUT2D eigenvalue weighted by Crippen LogP contribution is -2.30. The summed E-state index contributed by atoms with van der Waals surface area (Å²) < 4.78 is 5.14. The molecule has 1 aliphatic carbocycles. The number of hydrogen-bond acceptors (Lipinski definition) is 8. The van der Waals surface area contributed by atoms with Gasteiger partial charge < -0.3 is 20.7 Å². The van der Waals surface area contributed by atoms with Gasteiger partial charge in [-0.05, 0) is 101 Å². The number of amides is 3. The van der Waals surface area contributed by atoms with Crippen LogP contribution in [0.3, 0.4) is 0 Å². The first kappa shape index (κ1) is 36.1. The smallest absolute Gasteiger partial charge is 0.341 e. The van der Waals surface area contributed by atoms with Gasteiger partial charge in [0, 0.05) is 21.0 Å². The van der Waals surface area contributed by atoms with E-state index in [1.54, 1.807) is 42.5 Å². The van der Waals surface area contributed by atoms with Crippen LogP contribution in [-0.4, -0.2) is 36.1 Å². The molecule has 0 spiro atoms. The second kappa shape index (κ2) is 16.0. The summed E-state index contributed by atoms with van der Waals surface area (Å²) in [4.78, 5) is 54.9. The molecule has 2 unspecified atom stereocenters. The van der Waals surface area contributed by atoms with Crippen LogP contribution < -0.4 is 16.0 Å². The number of rotatable bonds is 11. The Balaban J connectivity index is 1.30. The van der Waals surface area contributed by atoms with Crippen molar-refractivity contribution in [2.75, 3.05) is 17.7 Å². The normalized spacial score (nSPS) is 15.1. The van der Waals surface area contributed by atoms with Gasteiger partial charge in [0.1, 0.15) is 10.7 Å². The van der Waals surface area contributed by atoms with Gasteiger partial charge in [-0.15, -0.1) is 23.1 Å². The number of methoxy groups -OCH3 is 1. The molecule has 2 heterocycles. The standard InChI is InChI=1S/C38H41N3O5S3/c1-6-30(35(44)41-36-32(37(45)46-5)28-16-15-25(38(2,3)4)20-31(28)49-36)48-27-14-10-13-26(21-27)39-34(43)29(19-23-17-18-47-22-23)40-33(42)24-11-8-7-9-12-24/h7-14,17-19,21-22,25,30H,6,15-16,20H2,1-5H3,(H,39,43)(H,40,42)(H,41,44)/b29-19-. The number of ether oxygens (including phenoxy) is 1. The zero-order valence-electron chi connectivity index (χ0n) is 28.3. The third-order valence-corrected chi connectivity index (χ3v) is 11.8. The van der Waals surface area contributed by atoms with Crippen molar-refractivity contribution in [2.24, 2.45) is 11.3 Å². The minimum absolute atomic E-state index is 0.102. The minimum Gasteiger partial charge on any atom is -0.465 e. The summed E-state index contributed by atoms with van der Waals surface area (Å²) in [5, 5.41) is 12.6. The predicted octanol–water partition coefficient (Wildman–Crippen LogP) is 8.67. The van der Waals surface area contributed by atoms with E-state index in [2.05, 4.69) is 36.7 Å². The molecule has 2 aromatic carbocycles. The molecule has 0 radical (unpaired) electrons. The third kappa shape index (κ3) is 9.09. The molecule has 11 heteroatoms. The number of thiophene rings is 2. The van der Waals surface area contributed by atoms with Crippen molar-refractivity contribution in [2.45, 2.75) is 63.5 Å². The number of hydrogen-bond donors (Lipinski definition) is 3. The second-order valence-corrected chi connectivity index (χ2v) is 16.1. The quantitative estimate of drug-likeness (QED) is 0.0814. The van der Waals surface area contributed by atoms with Crippen LogP contribution in [-0.2, 0) is 27.2 Å². The molecule has 49 heavy (non-hydrogen) atoms. The Bertz CT molecular complexity index is 1840. The van der Waals surface area contributed by atoms with Crippen LogP contribution in [0.5, 0.6) is 0 Å². The fourth-order valence-corrected chi connectivity index (χ4v) is 8.67. The van der Waals surface area contributed by atoms with Crippen molar-refractivity contribution in [3.63, 3.8) is 0 Å². The van der Waals surface area contributed by atoms with Gasteiger partial charge in [0.25, 0.3) is 11.8 Å². The number of carbonyl (C=O) groups excluding carboxylic acids is 4. The highest BCUT2D eigenvalue weighted by Gasteiger charge is 2.35. The van der Waals surface area contributed by atoms with Gasteiger partial charge in [-0.2, -0.15) is 11.3 Å². The van der Waals surface area contributed by atoms with E-state index in [1.807, 2.05) is 41.9 Å². The molecule has 0 saturated heterocycles. The van der Waals surface area contributed by atoms with Crippen LogP contribution in [0.15, 0.2) is 82.0 Å². The van der Waals surface area contributed by atoms with Crippen LogP contribution in [0.25, 0.3) is 6.08 Å². The third-order valence-electron chi connectivity index (χ3n) is 8.53. The number of benzene rings is 2. The van der Waals surface area contributed by atoms with Crippen LogP contribution >= 0.6 is 34.4 Å². The highest BCUT2D eigenvalue weighted by molar-refractivity contribution is 8.00. The van der Waals surface area contributed by atoms with Crippen molar-refractivity contribution in [1.82, 2.24) is 5.32 Å². The van der Waals surface area contributed by atoms with Crippen molar-refractivity contribution in [1.29, 1.82) is 0 Å². The van der Waals surface area contributed by atoms with E-state index < -0.39 is 23.0 Å². The summed E-state index contributed by atoms with van der Waals surface area (Å²) in [6.45, 7) is 8.67. The number of esters is 1. The minimum atomic E-state index is -0.479. The summed E-state index contributed by atoms with van der Waals surface area (Å²) in [6.07, 6.45) is 4.80. The summed E-state index contributed by atoms with van der Waals surface area (Å²) in [5.41, 5.74) is 3.45. The number of anilines is 2. The first-order valence-corrected chi connectivity index (χ1v) is 18.8. The van der Waals surface area contributed by atoms with Gasteiger partial charge in [0.2, 0.25) is 5.91 Å². The lowest BCUT2D eigenvalue weighted by atomic mass is 9.72. The van der Waals surface area contributed by atoms with Gasteiger partial charge in [-0.3, -0.25) is 14.4 Å². The maximum absolute atomic E-state index is 13.7. The Hall–Kier alpha value is -4.19. The zero-order valence-corrected chi connectivity index (χ0v) is 30.7. The van der Waals surface area contributed by atoms with Crippen LogP contribution in [0.2, 0.25) is 0 Å². The van der Waals surface area contributed by atoms with Crippen molar-refractivity contribution in [3.05, 3.63) is 104 Å².